The van der Waals surface area contributed by atoms with Gasteiger partial charge in [0.15, 0.2) is 0 Å². The molecule has 0 spiro atoms. The van der Waals surface area contributed by atoms with Crippen molar-refractivity contribution in [2.24, 2.45) is 5.92 Å². The summed E-state index contributed by atoms with van der Waals surface area (Å²) in [5.74, 6) is 0.349. The molecule has 0 bridgehead atoms. The summed E-state index contributed by atoms with van der Waals surface area (Å²) in [6.07, 6.45) is 3.50. The van der Waals surface area contributed by atoms with Gasteiger partial charge in [-0.3, -0.25) is 0 Å². The number of amides is 1. The Labute approximate surface area is 143 Å². The van der Waals surface area contributed by atoms with Gasteiger partial charge >= 0.3 is 6.09 Å². The van der Waals surface area contributed by atoms with Gasteiger partial charge in [0.05, 0.1) is 11.9 Å². The van der Waals surface area contributed by atoms with E-state index in [-0.39, 0.29) is 12.1 Å². The summed E-state index contributed by atoms with van der Waals surface area (Å²) >= 11 is 0. The number of nitrogens with one attached hydrogen (secondary N) is 1. The van der Waals surface area contributed by atoms with Crippen LogP contribution in [0, 0.1) is 17.2 Å². The number of pyridine rings is 1. The Morgan fingerprint density at radius 1 is 1.50 bits per heavy atom. The van der Waals surface area contributed by atoms with E-state index in [2.05, 4.69) is 15.2 Å². The fraction of sp³-hybridized carbons (Fsp3) is 0.611. The molecule has 2 atom stereocenters. The van der Waals surface area contributed by atoms with Crippen molar-refractivity contribution in [2.75, 3.05) is 18.0 Å². The van der Waals surface area contributed by atoms with E-state index < -0.39 is 5.60 Å². The van der Waals surface area contributed by atoms with Crippen LogP contribution in [-0.4, -0.2) is 35.8 Å². The molecule has 0 aromatic carbocycles. The highest BCUT2D eigenvalue weighted by molar-refractivity contribution is 5.68. The number of carbonyl (C=O) groups excluding carboxylic acids is 1. The molecule has 1 fully saturated rings. The number of ether oxygens (including phenoxy) is 1. The Morgan fingerprint density at radius 3 is 2.83 bits per heavy atom. The minimum atomic E-state index is -0.490. The Hall–Kier alpha value is -2.29. The number of alkyl carbamates (subject to hydrolysis) is 1. The number of carbonyl (C=O) groups is 1. The zero-order valence-corrected chi connectivity index (χ0v) is 14.9. The average Bonchev–Trinajstić information content (AvgIpc) is 2.53. The second-order valence-corrected chi connectivity index (χ2v) is 7.30. The monoisotopic (exact) mass is 330 g/mol. The van der Waals surface area contributed by atoms with Crippen LogP contribution in [0.2, 0.25) is 0 Å². The van der Waals surface area contributed by atoms with Crippen LogP contribution in [0.15, 0.2) is 18.3 Å². The van der Waals surface area contributed by atoms with E-state index in [0.717, 1.165) is 31.6 Å². The Morgan fingerprint density at radius 2 is 2.25 bits per heavy atom. The van der Waals surface area contributed by atoms with Gasteiger partial charge < -0.3 is 15.0 Å². The third-order valence-corrected chi connectivity index (χ3v) is 4.14. The van der Waals surface area contributed by atoms with Crippen LogP contribution in [0.5, 0.6) is 0 Å². The van der Waals surface area contributed by atoms with Gasteiger partial charge in [-0.2, -0.15) is 5.26 Å². The van der Waals surface area contributed by atoms with E-state index in [4.69, 9.17) is 10.00 Å². The summed E-state index contributed by atoms with van der Waals surface area (Å²) in [6.45, 7) is 9.41. The quantitative estimate of drug-likeness (QED) is 0.921. The number of anilines is 1. The fourth-order valence-electron chi connectivity index (χ4n) is 2.90. The van der Waals surface area contributed by atoms with Gasteiger partial charge in [-0.05, 0) is 58.6 Å². The number of piperidine rings is 1. The molecule has 1 aliphatic rings. The summed E-state index contributed by atoms with van der Waals surface area (Å²) in [5, 5.41) is 11.8. The lowest BCUT2D eigenvalue weighted by atomic mass is 9.91. The Kier molecular flexibility index (Phi) is 5.66. The molecule has 0 aliphatic carbocycles. The molecule has 1 aromatic heterocycles. The lowest BCUT2D eigenvalue weighted by molar-refractivity contribution is 0.0489. The number of nitriles is 1. The molecule has 1 amide bonds. The molecule has 24 heavy (non-hydrogen) atoms. The summed E-state index contributed by atoms with van der Waals surface area (Å²) in [5.41, 5.74) is 0.951. The molecule has 1 saturated heterocycles. The van der Waals surface area contributed by atoms with Crippen molar-refractivity contribution in [1.29, 1.82) is 5.26 Å². The standard InChI is InChI=1S/C18H26N4O2/c1-13(21-17(23)24-18(2,3)4)14-6-5-9-22(12-14)16-8-7-15(10-19)20-11-16/h7-8,11,13-14H,5-6,9,12H2,1-4H3,(H,21,23)/t13-,14+/m1/s1. The molecule has 130 valence electrons. The molecule has 0 saturated carbocycles. The normalized spacial score (nSPS) is 19.3. The fourth-order valence-corrected chi connectivity index (χ4v) is 2.90. The van der Waals surface area contributed by atoms with Crippen LogP contribution < -0.4 is 10.2 Å². The van der Waals surface area contributed by atoms with E-state index in [9.17, 15) is 4.79 Å². The van der Waals surface area contributed by atoms with Gasteiger partial charge in [-0.1, -0.05) is 0 Å². The number of nitrogens with zero attached hydrogens (tertiary/aromatic N) is 3. The molecule has 1 aromatic rings. The Balaban J connectivity index is 1.94. The zero-order valence-electron chi connectivity index (χ0n) is 14.9. The van der Waals surface area contributed by atoms with Gasteiger partial charge in [-0.25, -0.2) is 9.78 Å². The molecule has 1 aliphatic heterocycles. The summed E-state index contributed by atoms with van der Waals surface area (Å²) in [7, 11) is 0. The summed E-state index contributed by atoms with van der Waals surface area (Å²) in [4.78, 5) is 18.3. The first-order chi connectivity index (χ1) is 11.3. The van der Waals surface area contributed by atoms with Crippen molar-refractivity contribution < 1.29 is 9.53 Å². The van der Waals surface area contributed by atoms with Gasteiger partial charge in [0.1, 0.15) is 17.4 Å². The number of hydrogen-bond donors (Lipinski definition) is 1. The Bertz CT molecular complexity index is 601. The molecular weight excluding hydrogens is 304 g/mol. The topological polar surface area (TPSA) is 78.2 Å². The third-order valence-electron chi connectivity index (χ3n) is 4.14. The summed E-state index contributed by atoms with van der Waals surface area (Å²) < 4.78 is 5.33. The largest absolute Gasteiger partial charge is 0.444 e. The van der Waals surface area contributed by atoms with Crippen molar-refractivity contribution in [2.45, 2.75) is 52.2 Å². The first-order valence-corrected chi connectivity index (χ1v) is 8.39. The van der Waals surface area contributed by atoms with Crippen LogP contribution in [0.1, 0.15) is 46.2 Å². The van der Waals surface area contributed by atoms with E-state index >= 15 is 0 Å². The highest BCUT2D eigenvalue weighted by atomic mass is 16.6. The number of rotatable bonds is 3. The molecular formula is C18H26N4O2. The maximum Gasteiger partial charge on any atom is 0.407 e. The van der Waals surface area contributed by atoms with Gasteiger partial charge in [0.2, 0.25) is 0 Å². The van der Waals surface area contributed by atoms with E-state index in [0.29, 0.717) is 11.6 Å². The van der Waals surface area contributed by atoms with Crippen LogP contribution >= 0.6 is 0 Å². The van der Waals surface area contributed by atoms with Crippen molar-refractivity contribution in [3.63, 3.8) is 0 Å². The predicted molar refractivity (Wildman–Crippen MR) is 92.7 cm³/mol. The van der Waals surface area contributed by atoms with Crippen molar-refractivity contribution in [3.8, 4) is 6.07 Å². The van der Waals surface area contributed by atoms with Crippen LogP contribution in [0.25, 0.3) is 0 Å². The van der Waals surface area contributed by atoms with E-state index in [1.807, 2.05) is 39.8 Å². The molecule has 2 heterocycles. The molecule has 2 rings (SSSR count). The highest BCUT2D eigenvalue weighted by Crippen LogP contribution is 2.25. The van der Waals surface area contributed by atoms with Crippen LogP contribution in [-0.2, 0) is 4.74 Å². The maximum absolute atomic E-state index is 11.9. The van der Waals surface area contributed by atoms with Gasteiger partial charge in [0, 0.05) is 19.1 Å². The first kappa shape index (κ1) is 18.1. The van der Waals surface area contributed by atoms with E-state index in [1.54, 1.807) is 12.3 Å². The summed E-state index contributed by atoms with van der Waals surface area (Å²) in [6, 6.07) is 5.74. The minimum Gasteiger partial charge on any atom is -0.444 e. The van der Waals surface area contributed by atoms with Crippen LogP contribution in [0.3, 0.4) is 0 Å². The predicted octanol–water partition coefficient (Wildman–Crippen LogP) is 3.08. The van der Waals surface area contributed by atoms with Gasteiger partial charge in [-0.15, -0.1) is 0 Å². The van der Waals surface area contributed by atoms with Gasteiger partial charge in [0.25, 0.3) is 0 Å². The number of hydrogen-bond acceptors (Lipinski definition) is 5. The third kappa shape index (κ3) is 5.12. The maximum atomic E-state index is 11.9. The highest BCUT2D eigenvalue weighted by Gasteiger charge is 2.27. The molecule has 1 N–H and O–H groups in total. The molecule has 0 radical (unpaired) electrons. The second kappa shape index (κ2) is 7.52. The average molecular weight is 330 g/mol. The lowest BCUT2D eigenvalue weighted by Gasteiger charge is -2.37. The smallest absolute Gasteiger partial charge is 0.407 e. The van der Waals surface area contributed by atoms with Crippen molar-refractivity contribution >= 4 is 11.8 Å². The number of aromatic nitrogens is 1. The lowest BCUT2D eigenvalue weighted by Crippen LogP contribution is -2.47. The molecule has 6 nitrogen and oxygen atoms in total. The zero-order chi connectivity index (χ0) is 17.7. The second-order valence-electron chi connectivity index (χ2n) is 7.30. The van der Waals surface area contributed by atoms with Crippen LogP contribution in [0.4, 0.5) is 10.5 Å². The van der Waals surface area contributed by atoms with E-state index in [1.165, 1.54) is 0 Å². The first-order valence-electron chi connectivity index (χ1n) is 8.39. The molecule has 0 unspecified atom stereocenters. The van der Waals surface area contributed by atoms with Crippen molar-refractivity contribution in [3.05, 3.63) is 24.0 Å². The molecule has 6 heteroatoms. The van der Waals surface area contributed by atoms with Crippen molar-refractivity contribution in [1.82, 2.24) is 10.3 Å². The minimum absolute atomic E-state index is 0.0361. The SMILES string of the molecule is C[C@@H](NC(=O)OC(C)(C)C)[C@H]1CCCN(c2ccc(C#N)nc2)C1.